The van der Waals surface area contributed by atoms with E-state index in [2.05, 4.69) is 9.72 Å². The summed E-state index contributed by atoms with van der Waals surface area (Å²) in [6.45, 7) is -1.91. The third kappa shape index (κ3) is 6.13. The Hall–Kier alpha value is -2.87. The van der Waals surface area contributed by atoms with Crippen molar-refractivity contribution in [3.05, 3.63) is 53.7 Å². The molecular weight excluding hydrogens is 480 g/mol. The van der Waals surface area contributed by atoms with Gasteiger partial charge in [0, 0.05) is 38.4 Å². The Morgan fingerprint density at radius 3 is 2.21 bits per heavy atom. The van der Waals surface area contributed by atoms with Gasteiger partial charge in [-0.15, -0.1) is 0 Å². The van der Waals surface area contributed by atoms with Gasteiger partial charge in [0.2, 0.25) is 15.9 Å². The van der Waals surface area contributed by atoms with Gasteiger partial charge in [0.25, 0.3) is 5.91 Å². The first-order valence-electron chi connectivity index (χ1n) is 9.40. The number of rotatable bonds is 5. The fourth-order valence-corrected chi connectivity index (χ4v) is 4.51. The molecule has 1 aliphatic rings. The maximum atomic E-state index is 12.9. The average molecular weight is 497 g/mol. The van der Waals surface area contributed by atoms with Gasteiger partial charge in [0.15, 0.2) is 6.61 Å². The largest absolute Gasteiger partial charge is 0.468 e. The van der Waals surface area contributed by atoms with Crippen LogP contribution in [0.3, 0.4) is 0 Å². The standard InChI is InChI=1S/C19H17F6N3O4S/c20-18(21,22)12-32-16-5-4-13(11-26-16)17(29)27-6-8-28(9-7-27)33(30,31)15-3-1-2-14(10-15)19(23,24)25/h1-5,10-11H,6-9,12H2. The van der Waals surface area contributed by atoms with Crippen LogP contribution in [0.5, 0.6) is 5.88 Å². The van der Waals surface area contributed by atoms with Gasteiger partial charge >= 0.3 is 12.4 Å². The van der Waals surface area contributed by atoms with Crippen LogP contribution >= 0.6 is 0 Å². The summed E-state index contributed by atoms with van der Waals surface area (Å²) in [5.74, 6) is -0.845. The maximum absolute atomic E-state index is 12.9. The number of pyridine rings is 1. The molecule has 1 aliphatic heterocycles. The van der Waals surface area contributed by atoms with E-state index in [1.54, 1.807) is 0 Å². The lowest BCUT2D eigenvalue weighted by atomic mass is 10.2. The molecule has 0 spiro atoms. The highest BCUT2D eigenvalue weighted by atomic mass is 32.2. The van der Waals surface area contributed by atoms with Crippen LogP contribution in [-0.2, 0) is 16.2 Å². The minimum atomic E-state index is -4.70. The molecule has 1 amide bonds. The number of carbonyl (C=O) groups is 1. The van der Waals surface area contributed by atoms with E-state index < -0.39 is 45.3 Å². The highest BCUT2D eigenvalue weighted by Crippen LogP contribution is 2.31. The zero-order chi connectivity index (χ0) is 24.4. The molecule has 0 aliphatic carbocycles. The van der Waals surface area contributed by atoms with Crippen molar-refractivity contribution in [2.75, 3.05) is 32.8 Å². The zero-order valence-corrected chi connectivity index (χ0v) is 17.5. The van der Waals surface area contributed by atoms with Gasteiger partial charge in [0.05, 0.1) is 16.0 Å². The summed E-state index contributed by atoms with van der Waals surface area (Å²) in [6.07, 6.45) is -8.19. The van der Waals surface area contributed by atoms with Crippen LogP contribution in [0, 0.1) is 0 Å². The maximum Gasteiger partial charge on any atom is 0.422 e. The van der Waals surface area contributed by atoms with Gasteiger partial charge in [-0.1, -0.05) is 6.07 Å². The monoisotopic (exact) mass is 497 g/mol. The summed E-state index contributed by atoms with van der Waals surface area (Å²) in [6, 6.07) is 5.73. The number of aromatic nitrogens is 1. The second kappa shape index (κ2) is 9.17. The molecule has 33 heavy (non-hydrogen) atoms. The van der Waals surface area contributed by atoms with Gasteiger partial charge in [-0.05, 0) is 24.3 Å². The van der Waals surface area contributed by atoms with Crippen LogP contribution in [0.25, 0.3) is 0 Å². The van der Waals surface area contributed by atoms with Crippen LogP contribution in [0.1, 0.15) is 15.9 Å². The second-order valence-electron chi connectivity index (χ2n) is 7.01. The number of benzene rings is 1. The molecule has 1 fully saturated rings. The SMILES string of the molecule is O=C(c1ccc(OCC(F)(F)F)nc1)N1CCN(S(=O)(=O)c2cccc(C(F)(F)F)c2)CC1. The smallest absolute Gasteiger partial charge is 0.422 e. The van der Waals surface area contributed by atoms with Crippen molar-refractivity contribution in [3.8, 4) is 5.88 Å². The molecule has 14 heteroatoms. The van der Waals surface area contributed by atoms with E-state index in [0.29, 0.717) is 6.07 Å². The Bertz CT molecular complexity index is 1100. The minimum absolute atomic E-state index is 0.0383. The predicted molar refractivity (Wildman–Crippen MR) is 102 cm³/mol. The van der Waals surface area contributed by atoms with E-state index in [-0.39, 0.29) is 37.6 Å². The first kappa shape index (κ1) is 24.8. The van der Waals surface area contributed by atoms with Crippen LogP contribution in [0.2, 0.25) is 0 Å². The highest BCUT2D eigenvalue weighted by molar-refractivity contribution is 7.89. The number of ether oxygens (including phenoxy) is 1. The van der Waals surface area contributed by atoms with Gasteiger partial charge < -0.3 is 9.64 Å². The van der Waals surface area contributed by atoms with E-state index in [4.69, 9.17) is 0 Å². The Kier molecular flexibility index (Phi) is 6.88. The molecule has 1 aromatic carbocycles. The molecule has 3 rings (SSSR count). The number of hydrogen-bond acceptors (Lipinski definition) is 5. The Labute approximate surface area is 184 Å². The first-order valence-corrected chi connectivity index (χ1v) is 10.8. The number of carbonyl (C=O) groups excluding carboxylic acids is 1. The van der Waals surface area contributed by atoms with Crippen LogP contribution in [-0.4, -0.2) is 67.5 Å². The van der Waals surface area contributed by atoms with Gasteiger partial charge in [-0.3, -0.25) is 4.79 Å². The van der Waals surface area contributed by atoms with E-state index in [9.17, 15) is 39.6 Å². The lowest BCUT2D eigenvalue weighted by Gasteiger charge is -2.34. The molecule has 180 valence electrons. The summed E-state index contributed by atoms with van der Waals surface area (Å²) in [4.78, 5) is 17.0. The second-order valence-corrected chi connectivity index (χ2v) is 8.95. The van der Waals surface area contributed by atoms with E-state index in [0.717, 1.165) is 34.8 Å². The lowest BCUT2D eigenvalue weighted by molar-refractivity contribution is -0.154. The van der Waals surface area contributed by atoms with Crippen molar-refractivity contribution in [2.24, 2.45) is 0 Å². The van der Waals surface area contributed by atoms with Crippen molar-refractivity contribution in [1.82, 2.24) is 14.2 Å². The molecule has 0 radical (unpaired) electrons. The summed E-state index contributed by atoms with van der Waals surface area (Å²) in [7, 11) is -4.21. The normalized spacial score (nSPS) is 16.0. The predicted octanol–water partition coefficient (Wildman–Crippen LogP) is 3.19. The van der Waals surface area contributed by atoms with Crippen molar-refractivity contribution in [3.63, 3.8) is 0 Å². The van der Waals surface area contributed by atoms with E-state index >= 15 is 0 Å². The van der Waals surface area contributed by atoms with Crippen LogP contribution in [0.15, 0.2) is 47.5 Å². The Morgan fingerprint density at radius 1 is 1.00 bits per heavy atom. The van der Waals surface area contributed by atoms with Gasteiger partial charge in [-0.2, -0.15) is 30.6 Å². The minimum Gasteiger partial charge on any atom is -0.468 e. The number of amides is 1. The third-order valence-corrected chi connectivity index (χ3v) is 6.59. The third-order valence-electron chi connectivity index (χ3n) is 4.69. The van der Waals surface area contributed by atoms with Gasteiger partial charge in [0.1, 0.15) is 0 Å². The number of hydrogen-bond donors (Lipinski definition) is 0. The zero-order valence-electron chi connectivity index (χ0n) is 16.7. The summed E-state index contributed by atoms with van der Waals surface area (Å²) >= 11 is 0. The molecule has 0 unspecified atom stereocenters. The molecule has 7 nitrogen and oxygen atoms in total. The summed E-state index contributed by atoms with van der Waals surface area (Å²) in [5, 5.41) is 0. The number of nitrogens with zero attached hydrogens (tertiary/aromatic N) is 3. The molecule has 0 atom stereocenters. The molecule has 2 heterocycles. The van der Waals surface area contributed by atoms with Crippen LogP contribution in [0.4, 0.5) is 26.3 Å². The molecule has 2 aromatic rings. The Morgan fingerprint density at radius 2 is 1.67 bits per heavy atom. The first-order chi connectivity index (χ1) is 15.3. The molecular formula is C19H17F6N3O4S. The molecule has 0 bridgehead atoms. The number of halogens is 6. The summed E-state index contributed by atoms with van der Waals surface area (Å²) in [5.41, 5.74) is -1.03. The van der Waals surface area contributed by atoms with Crippen molar-refractivity contribution < 1.29 is 44.3 Å². The highest BCUT2D eigenvalue weighted by Gasteiger charge is 2.34. The fraction of sp³-hybridized carbons (Fsp3) is 0.368. The lowest BCUT2D eigenvalue weighted by Crippen LogP contribution is -2.50. The van der Waals surface area contributed by atoms with Crippen molar-refractivity contribution >= 4 is 15.9 Å². The van der Waals surface area contributed by atoms with Gasteiger partial charge in [-0.25, -0.2) is 13.4 Å². The van der Waals surface area contributed by atoms with Crippen LogP contribution < -0.4 is 4.74 Å². The fourth-order valence-electron chi connectivity index (χ4n) is 3.04. The van der Waals surface area contributed by atoms with Crippen molar-refractivity contribution in [2.45, 2.75) is 17.2 Å². The Balaban J connectivity index is 1.63. The molecule has 0 N–H and O–H groups in total. The van der Waals surface area contributed by atoms with E-state index in [1.807, 2.05) is 0 Å². The molecule has 1 saturated heterocycles. The molecule has 0 saturated carbocycles. The average Bonchev–Trinajstić information content (AvgIpc) is 2.77. The number of alkyl halides is 6. The number of piperazine rings is 1. The number of sulfonamides is 1. The molecule has 1 aromatic heterocycles. The van der Waals surface area contributed by atoms with E-state index in [1.165, 1.54) is 11.0 Å². The topological polar surface area (TPSA) is 79.8 Å². The quantitative estimate of drug-likeness (QED) is 0.593. The van der Waals surface area contributed by atoms with Crippen molar-refractivity contribution in [1.29, 1.82) is 0 Å². The summed E-state index contributed by atoms with van der Waals surface area (Å²) < 4.78 is 106.